The molecular weight excluding hydrogens is 382 g/mol. The lowest BCUT2D eigenvalue weighted by Crippen LogP contribution is -2.40. The van der Waals surface area contributed by atoms with Gasteiger partial charge in [-0.05, 0) is 30.3 Å². The fraction of sp³-hybridized carbons (Fsp3) is 0.211. The summed E-state index contributed by atoms with van der Waals surface area (Å²) in [5.74, 6) is -0.511. The van der Waals surface area contributed by atoms with Crippen molar-refractivity contribution in [2.45, 2.75) is 4.90 Å². The zero-order valence-corrected chi connectivity index (χ0v) is 15.9. The SMILES string of the molecule is C=C(NNC(=O)c1cccc(S(=O)(=O)N2CCOCC2)c1)c1ccccc1O. The molecule has 0 aromatic heterocycles. The van der Waals surface area contributed by atoms with Gasteiger partial charge in [0.25, 0.3) is 5.91 Å². The van der Waals surface area contributed by atoms with Crippen LogP contribution in [0.25, 0.3) is 5.70 Å². The first-order valence-electron chi connectivity index (χ1n) is 8.61. The highest BCUT2D eigenvalue weighted by Crippen LogP contribution is 2.21. The van der Waals surface area contributed by atoms with Crippen molar-refractivity contribution < 1.29 is 23.1 Å². The maximum absolute atomic E-state index is 12.7. The molecular formula is C19H21N3O5S. The highest BCUT2D eigenvalue weighted by atomic mass is 32.2. The number of rotatable bonds is 6. The lowest BCUT2D eigenvalue weighted by molar-refractivity contribution is 0.0730. The lowest BCUT2D eigenvalue weighted by atomic mass is 10.1. The number of aromatic hydroxyl groups is 1. The largest absolute Gasteiger partial charge is 0.507 e. The summed E-state index contributed by atoms with van der Waals surface area (Å²) in [5, 5.41) is 9.82. The summed E-state index contributed by atoms with van der Waals surface area (Å²) in [6.45, 7) is 5.02. The number of sulfonamides is 1. The van der Waals surface area contributed by atoms with E-state index in [0.29, 0.717) is 24.5 Å². The number of carbonyl (C=O) groups is 1. The molecule has 148 valence electrons. The number of ether oxygens (including phenoxy) is 1. The molecule has 28 heavy (non-hydrogen) atoms. The van der Waals surface area contributed by atoms with Crippen LogP contribution in [-0.2, 0) is 14.8 Å². The van der Waals surface area contributed by atoms with Gasteiger partial charge in [0, 0.05) is 24.2 Å². The van der Waals surface area contributed by atoms with Crippen LogP contribution < -0.4 is 10.9 Å². The van der Waals surface area contributed by atoms with Crippen molar-refractivity contribution in [3.63, 3.8) is 0 Å². The smallest absolute Gasteiger partial charge is 0.269 e. The third-order valence-corrected chi connectivity index (χ3v) is 6.15. The molecule has 0 saturated carbocycles. The quantitative estimate of drug-likeness (QED) is 0.628. The summed E-state index contributed by atoms with van der Waals surface area (Å²) in [6.07, 6.45) is 0. The Kier molecular flexibility index (Phi) is 5.98. The van der Waals surface area contributed by atoms with E-state index in [1.165, 1.54) is 34.6 Å². The van der Waals surface area contributed by atoms with Gasteiger partial charge in [-0.15, -0.1) is 0 Å². The summed E-state index contributed by atoms with van der Waals surface area (Å²) in [7, 11) is -3.70. The first-order valence-corrected chi connectivity index (χ1v) is 10.0. The van der Waals surface area contributed by atoms with Crippen molar-refractivity contribution in [2.24, 2.45) is 0 Å². The Bertz CT molecular complexity index is 985. The molecule has 3 N–H and O–H groups in total. The van der Waals surface area contributed by atoms with E-state index in [1.54, 1.807) is 18.2 Å². The molecule has 1 fully saturated rings. The Morgan fingerprint density at radius 1 is 1.07 bits per heavy atom. The number of morpholine rings is 1. The number of nitrogens with one attached hydrogen (secondary N) is 2. The van der Waals surface area contributed by atoms with Crippen LogP contribution in [0.1, 0.15) is 15.9 Å². The van der Waals surface area contributed by atoms with Gasteiger partial charge in [-0.3, -0.25) is 15.6 Å². The predicted molar refractivity (Wildman–Crippen MR) is 104 cm³/mol. The molecule has 9 heteroatoms. The number of hydrogen-bond acceptors (Lipinski definition) is 6. The van der Waals surface area contributed by atoms with Crippen molar-refractivity contribution in [3.05, 3.63) is 66.2 Å². The van der Waals surface area contributed by atoms with Crippen LogP contribution in [0.3, 0.4) is 0 Å². The van der Waals surface area contributed by atoms with Crippen LogP contribution in [0.2, 0.25) is 0 Å². The van der Waals surface area contributed by atoms with E-state index >= 15 is 0 Å². The summed E-state index contributed by atoms with van der Waals surface area (Å²) in [6, 6.07) is 12.4. The molecule has 8 nitrogen and oxygen atoms in total. The standard InChI is InChI=1S/C19H21N3O5S/c1-14(17-7-2-3-8-18(17)23)20-21-19(24)15-5-4-6-16(13-15)28(25,26)22-9-11-27-12-10-22/h2-8,13,20,23H,1,9-12H2,(H,21,24). The molecule has 1 aliphatic rings. The van der Waals surface area contributed by atoms with Gasteiger partial charge in [-0.1, -0.05) is 24.8 Å². The topological polar surface area (TPSA) is 108 Å². The first-order chi connectivity index (χ1) is 13.4. The molecule has 3 rings (SSSR count). The van der Waals surface area contributed by atoms with E-state index in [4.69, 9.17) is 4.74 Å². The Hall–Kier alpha value is -2.88. The molecule has 0 aliphatic carbocycles. The highest BCUT2D eigenvalue weighted by molar-refractivity contribution is 7.89. The molecule has 1 saturated heterocycles. The molecule has 0 bridgehead atoms. The number of amides is 1. The number of para-hydroxylation sites is 1. The average Bonchev–Trinajstić information content (AvgIpc) is 2.73. The molecule has 0 atom stereocenters. The summed E-state index contributed by atoms with van der Waals surface area (Å²) in [4.78, 5) is 12.5. The maximum atomic E-state index is 12.7. The number of phenols is 1. The second-order valence-corrected chi connectivity index (χ2v) is 8.06. The third kappa shape index (κ3) is 4.33. The number of carbonyl (C=O) groups excluding carboxylic acids is 1. The molecule has 0 radical (unpaired) electrons. The highest BCUT2D eigenvalue weighted by Gasteiger charge is 2.26. The van der Waals surface area contributed by atoms with Gasteiger partial charge in [0.2, 0.25) is 10.0 Å². The van der Waals surface area contributed by atoms with Crippen LogP contribution in [0, 0.1) is 0 Å². The molecule has 0 unspecified atom stereocenters. The van der Waals surface area contributed by atoms with E-state index in [9.17, 15) is 18.3 Å². The Morgan fingerprint density at radius 2 is 1.79 bits per heavy atom. The van der Waals surface area contributed by atoms with Crippen LogP contribution in [0.15, 0.2) is 60.0 Å². The minimum Gasteiger partial charge on any atom is -0.507 e. The Labute approximate surface area is 163 Å². The van der Waals surface area contributed by atoms with E-state index in [2.05, 4.69) is 17.4 Å². The van der Waals surface area contributed by atoms with Crippen LogP contribution in [0.4, 0.5) is 0 Å². The minimum absolute atomic E-state index is 0.0212. The Balaban J connectivity index is 1.70. The van der Waals surface area contributed by atoms with Crippen molar-refractivity contribution >= 4 is 21.6 Å². The number of phenolic OH excluding ortho intramolecular Hbond substituents is 1. The second-order valence-electron chi connectivity index (χ2n) is 6.12. The van der Waals surface area contributed by atoms with E-state index in [0.717, 1.165) is 0 Å². The molecule has 2 aromatic rings. The van der Waals surface area contributed by atoms with Crippen LogP contribution >= 0.6 is 0 Å². The van der Waals surface area contributed by atoms with E-state index in [1.807, 2.05) is 0 Å². The first kappa shape index (κ1) is 19.9. The molecule has 2 aromatic carbocycles. The summed E-state index contributed by atoms with van der Waals surface area (Å²) < 4.78 is 32.0. The van der Waals surface area contributed by atoms with Gasteiger partial charge >= 0.3 is 0 Å². The number of hydrazine groups is 1. The van der Waals surface area contributed by atoms with E-state index < -0.39 is 15.9 Å². The number of nitrogens with zero attached hydrogens (tertiary/aromatic N) is 1. The zero-order chi connectivity index (χ0) is 20.1. The predicted octanol–water partition coefficient (Wildman–Crippen LogP) is 1.32. The van der Waals surface area contributed by atoms with Crippen LogP contribution in [0.5, 0.6) is 5.75 Å². The molecule has 1 aliphatic heterocycles. The minimum atomic E-state index is -3.70. The normalized spacial score (nSPS) is 15.0. The molecule has 1 heterocycles. The molecule has 1 amide bonds. The fourth-order valence-electron chi connectivity index (χ4n) is 2.73. The fourth-order valence-corrected chi connectivity index (χ4v) is 4.19. The Morgan fingerprint density at radius 3 is 2.50 bits per heavy atom. The number of hydrogen-bond donors (Lipinski definition) is 3. The summed E-state index contributed by atoms with van der Waals surface area (Å²) >= 11 is 0. The van der Waals surface area contributed by atoms with Crippen LogP contribution in [-0.4, -0.2) is 50.0 Å². The van der Waals surface area contributed by atoms with Gasteiger partial charge in [0.05, 0.1) is 23.8 Å². The van der Waals surface area contributed by atoms with Gasteiger partial charge in [-0.25, -0.2) is 8.42 Å². The van der Waals surface area contributed by atoms with E-state index in [-0.39, 0.29) is 29.3 Å². The average molecular weight is 403 g/mol. The van der Waals surface area contributed by atoms with Gasteiger partial charge in [-0.2, -0.15) is 4.31 Å². The second kappa shape index (κ2) is 8.42. The van der Waals surface area contributed by atoms with Crippen molar-refractivity contribution in [1.82, 2.24) is 15.2 Å². The van der Waals surface area contributed by atoms with Crippen molar-refractivity contribution in [3.8, 4) is 5.75 Å². The summed E-state index contributed by atoms with van der Waals surface area (Å²) in [5.41, 5.74) is 5.99. The molecule has 0 spiro atoms. The van der Waals surface area contributed by atoms with Gasteiger partial charge in [0.15, 0.2) is 0 Å². The monoisotopic (exact) mass is 403 g/mol. The third-order valence-electron chi connectivity index (χ3n) is 4.26. The van der Waals surface area contributed by atoms with Gasteiger partial charge in [0.1, 0.15) is 5.75 Å². The van der Waals surface area contributed by atoms with Crippen molar-refractivity contribution in [2.75, 3.05) is 26.3 Å². The van der Waals surface area contributed by atoms with Gasteiger partial charge < -0.3 is 9.84 Å². The van der Waals surface area contributed by atoms with Crippen molar-refractivity contribution in [1.29, 1.82) is 0 Å². The maximum Gasteiger partial charge on any atom is 0.269 e. The zero-order valence-electron chi connectivity index (χ0n) is 15.1. The number of benzene rings is 2. The lowest BCUT2D eigenvalue weighted by Gasteiger charge is -2.26.